The summed E-state index contributed by atoms with van der Waals surface area (Å²) in [6.07, 6.45) is 0.706. The average molecular weight is 316 g/mol. The predicted molar refractivity (Wildman–Crippen MR) is 87.7 cm³/mol. The molecule has 0 fully saturated rings. The number of hydrogen-bond acceptors (Lipinski definition) is 3. The second-order valence-electron chi connectivity index (χ2n) is 5.66. The Hall–Kier alpha value is -1.69. The summed E-state index contributed by atoms with van der Waals surface area (Å²) >= 11 is 0. The van der Waals surface area contributed by atoms with E-state index in [1.54, 1.807) is 0 Å². The third-order valence-electron chi connectivity index (χ3n) is 4.07. The van der Waals surface area contributed by atoms with Crippen LogP contribution in [-0.2, 0) is 22.2 Å². The highest BCUT2D eigenvalue weighted by Crippen LogP contribution is 2.24. The number of sulfonamides is 1. The number of rotatable bonds is 3. The van der Waals surface area contributed by atoms with E-state index in [-0.39, 0.29) is 11.8 Å². The van der Waals surface area contributed by atoms with Crippen LogP contribution in [-0.4, -0.2) is 25.8 Å². The van der Waals surface area contributed by atoms with Crippen molar-refractivity contribution in [1.29, 1.82) is 0 Å². The fourth-order valence-electron chi connectivity index (χ4n) is 2.91. The third kappa shape index (κ3) is 3.21. The molecule has 3 rings (SSSR count). The lowest BCUT2D eigenvalue weighted by molar-refractivity contribution is 0.400. The molecule has 0 saturated heterocycles. The predicted octanol–water partition coefficient (Wildman–Crippen LogP) is 2.07. The van der Waals surface area contributed by atoms with Crippen molar-refractivity contribution in [2.24, 2.45) is 5.73 Å². The van der Waals surface area contributed by atoms with Crippen LogP contribution in [0.3, 0.4) is 0 Å². The molecule has 0 aromatic heterocycles. The molecule has 0 radical (unpaired) electrons. The molecule has 1 atom stereocenters. The monoisotopic (exact) mass is 316 g/mol. The van der Waals surface area contributed by atoms with Gasteiger partial charge in [0.25, 0.3) is 0 Å². The molecule has 1 aliphatic heterocycles. The first-order valence-electron chi connectivity index (χ1n) is 7.41. The normalized spacial score (nSPS) is 19.4. The van der Waals surface area contributed by atoms with Gasteiger partial charge in [0.1, 0.15) is 0 Å². The third-order valence-corrected chi connectivity index (χ3v) is 5.89. The minimum Gasteiger partial charge on any atom is -0.323 e. The molecule has 2 aromatic rings. The first-order chi connectivity index (χ1) is 10.6. The molecule has 0 amide bonds. The lowest BCUT2D eigenvalue weighted by atomic mass is 10.0. The molecule has 5 heteroatoms. The summed E-state index contributed by atoms with van der Waals surface area (Å²) in [6.45, 7) is 0.825. The fraction of sp³-hybridized carbons (Fsp3) is 0.294. The summed E-state index contributed by atoms with van der Waals surface area (Å²) in [7, 11) is -3.36. The molecule has 1 unspecified atom stereocenters. The smallest absolute Gasteiger partial charge is 0.218 e. The molecule has 2 aromatic carbocycles. The molecule has 4 nitrogen and oxygen atoms in total. The van der Waals surface area contributed by atoms with Crippen molar-refractivity contribution < 1.29 is 8.42 Å². The molecular weight excluding hydrogens is 296 g/mol. The quantitative estimate of drug-likeness (QED) is 0.943. The molecule has 1 heterocycles. The zero-order valence-corrected chi connectivity index (χ0v) is 13.2. The van der Waals surface area contributed by atoms with Gasteiger partial charge in [0.05, 0.1) is 5.75 Å². The minimum atomic E-state index is -3.36. The summed E-state index contributed by atoms with van der Waals surface area (Å²) < 4.78 is 26.9. The minimum absolute atomic E-state index is 0.0247. The number of hydrogen-bond donors (Lipinski definition) is 1. The average Bonchev–Trinajstić information content (AvgIpc) is 2.68. The van der Waals surface area contributed by atoms with E-state index in [1.807, 2.05) is 54.6 Å². The number of nitrogens with zero attached hydrogens (tertiary/aromatic N) is 1. The van der Waals surface area contributed by atoms with Gasteiger partial charge in [0.15, 0.2) is 0 Å². The second-order valence-corrected chi connectivity index (χ2v) is 7.62. The number of nitrogens with two attached hydrogens (primary N) is 1. The first kappa shape index (κ1) is 15.2. The molecular formula is C17H20N2O2S. The Kier molecular flexibility index (Phi) is 4.29. The van der Waals surface area contributed by atoms with E-state index in [2.05, 4.69) is 0 Å². The Morgan fingerprint density at radius 3 is 2.50 bits per heavy atom. The van der Waals surface area contributed by atoms with Crippen molar-refractivity contribution in [2.45, 2.75) is 18.2 Å². The number of fused-ring (bicyclic) bond motifs is 1. The van der Waals surface area contributed by atoms with E-state index in [0.717, 1.165) is 16.7 Å². The Labute approximate surface area is 131 Å². The van der Waals surface area contributed by atoms with Crippen molar-refractivity contribution in [3.05, 3.63) is 71.3 Å². The summed E-state index contributed by atoms with van der Waals surface area (Å²) in [4.78, 5) is 0. The van der Waals surface area contributed by atoms with Crippen LogP contribution in [0, 0.1) is 0 Å². The molecule has 0 spiro atoms. The van der Waals surface area contributed by atoms with Crippen LogP contribution in [0.15, 0.2) is 54.6 Å². The highest BCUT2D eigenvalue weighted by Gasteiger charge is 2.28. The maximum atomic E-state index is 12.7. The summed E-state index contributed by atoms with van der Waals surface area (Å²) in [5, 5.41) is 0. The topological polar surface area (TPSA) is 63.4 Å². The van der Waals surface area contributed by atoms with E-state index in [4.69, 9.17) is 5.73 Å². The van der Waals surface area contributed by atoms with Crippen LogP contribution in [0.1, 0.15) is 22.7 Å². The second kappa shape index (κ2) is 6.20. The van der Waals surface area contributed by atoms with Crippen molar-refractivity contribution in [2.75, 3.05) is 13.1 Å². The molecule has 22 heavy (non-hydrogen) atoms. The van der Waals surface area contributed by atoms with E-state index in [1.165, 1.54) is 4.31 Å². The van der Waals surface area contributed by atoms with Gasteiger partial charge in [0.2, 0.25) is 10.0 Å². The standard InChI is InChI=1S/C17H20N2O2S/c18-17-12-19(11-10-15-8-4-5-9-16(15)17)22(20,21)13-14-6-2-1-3-7-14/h1-9,17H,10-13,18H2. The van der Waals surface area contributed by atoms with Crippen LogP contribution in [0.5, 0.6) is 0 Å². The van der Waals surface area contributed by atoms with Gasteiger partial charge >= 0.3 is 0 Å². The van der Waals surface area contributed by atoms with Crippen molar-refractivity contribution >= 4 is 10.0 Å². The van der Waals surface area contributed by atoms with E-state index >= 15 is 0 Å². The van der Waals surface area contributed by atoms with Crippen molar-refractivity contribution in [3.63, 3.8) is 0 Å². The van der Waals surface area contributed by atoms with Gasteiger partial charge in [-0.05, 0) is 23.1 Å². The van der Waals surface area contributed by atoms with Gasteiger partial charge in [-0.3, -0.25) is 0 Å². The number of benzene rings is 2. The van der Waals surface area contributed by atoms with E-state index in [0.29, 0.717) is 19.5 Å². The van der Waals surface area contributed by atoms with Gasteiger partial charge in [-0.1, -0.05) is 54.6 Å². The Bertz CT molecular complexity index is 744. The van der Waals surface area contributed by atoms with E-state index in [9.17, 15) is 8.42 Å². The fourth-order valence-corrected chi connectivity index (χ4v) is 4.46. The summed E-state index contributed by atoms with van der Waals surface area (Å²) in [5.74, 6) is 0.0247. The summed E-state index contributed by atoms with van der Waals surface area (Å²) in [6, 6.07) is 16.9. The van der Waals surface area contributed by atoms with Crippen LogP contribution < -0.4 is 5.73 Å². The van der Waals surface area contributed by atoms with Gasteiger partial charge in [-0.25, -0.2) is 8.42 Å². The molecule has 2 N–H and O–H groups in total. The lowest BCUT2D eigenvalue weighted by Crippen LogP contribution is -2.37. The van der Waals surface area contributed by atoms with Crippen LogP contribution in [0.25, 0.3) is 0 Å². The zero-order chi connectivity index (χ0) is 15.6. The molecule has 0 saturated carbocycles. The highest BCUT2D eigenvalue weighted by atomic mass is 32.2. The molecule has 116 valence electrons. The maximum Gasteiger partial charge on any atom is 0.218 e. The van der Waals surface area contributed by atoms with Crippen LogP contribution in [0.4, 0.5) is 0 Å². The van der Waals surface area contributed by atoms with Crippen LogP contribution >= 0.6 is 0 Å². The van der Waals surface area contributed by atoms with Gasteiger partial charge in [0, 0.05) is 19.1 Å². The highest BCUT2D eigenvalue weighted by molar-refractivity contribution is 7.88. The lowest BCUT2D eigenvalue weighted by Gasteiger charge is -2.22. The largest absolute Gasteiger partial charge is 0.323 e. The Balaban J connectivity index is 1.81. The zero-order valence-electron chi connectivity index (χ0n) is 12.4. The first-order valence-corrected chi connectivity index (χ1v) is 9.02. The molecule has 0 bridgehead atoms. The van der Waals surface area contributed by atoms with Gasteiger partial charge < -0.3 is 5.73 Å². The Morgan fingerprint density at radius 1 is 1.05 bits per heavy atom. The molecule has 1 aliphatic rings. The summed E-state index contributed by atoms with van der Waals surface area (Å²) in [5.41, 5.74) is 9.23. The van der Waals surface area contributed by atoms with Crippen molar-refractivity contribution in [3.8, 4) is 0 Å². The molecule has 0 aliphatic carbocycles. The van der Waals surface area contributed by atoms with Gasteiger partial charge in [-0.15, -0.1) is 0 Å². The van der Waals surface area contributed by atoms with Crippen LogP contribution in [0.2, 0.25) is 0 Å². The SMILES string of the molecule is NC1CN(S(=O)(=O)Cc2ccccc2)CCc2ccccc21. The van der Waals surface area contributed by atoms with Gasteiger partial charge in [-0.2, -0.15) is 4.31 Å². The van der Waals surface area contributed by atoms with Crippen molar-refractivity contribution in [1.82, 2.24) is 4.31 Å². The van der Waals surface area contributed by atoms with E-state index < -0.39 is 10.0 Å². The maximum absolute atomic E-state index is 12.7. The Morgan fingerprint density at radius 2 is 1.73 bits per heavy atom.